The number of hydrogen-bond acceptors (Lipinski definition) is 2. The first-order valence-electron chi connectivity index (χ1n) is 3.81. The van der Waals surface area contributed by atoms with Gasteiger partial charge in [0, 0.05) is 4.92 Å². The first-order chi connectivity index (χ1) is 4.73. The van der Waals surface area contributed by atoms with Crippen molar-refractivity contribution in [2.24, 2.45) is 0 Å². The van der Waals surface area contributed by atoms with Crippen LogP contribution < -0.4 is 0 Å². The molecule has 0 heterocycles. The Labute approximate surface area is 61.6 Å². The van der Waals surface area contributed by atoms with Crippen LogP contribution in [0.5, 0.6) is 0 Å². The van der Waals surface area contributed by atoms with Crippen molar-refractivity contribution in [3.63, 3.8) is 0 Å². The van der Waals surface area contributed by atoms with Gasteiger partial charge in [-0.15, -0.1) is 0 Å². The second-order valence-corrected chi connectivity index (χ2v) is 2.56. The van der Waals surface area contributed by atoms with Crippen molar-refractivity contribution in [2.75, 3.05) is 7.05 Å². The van der Waals surface area contributed by atoms with Crippen molar-refractivity contribution in [3.05, 3.63) is 10.1 Å². The minimum Gasteiger partial charge on any atom is -0.265 e. The lowest BCUT2D eigenvalue weighted by Crippen LogP contribution is -1.85. The van der Waals surface area contributed by atoms with Crippen molar-refractivity contribution in [2.45, 2.75) is 38.5 Å². The van der Waals surface area contributed by atoms with E-state index in [0.717, 1.165) is 7.05 Å². The molecular formula is C7H15NO2. The molecular weight excluding hydrogens is 130 g/mol. The lowest BCUT2D eigenvalue weighted by atomic mass is 10.0. The monoisotopic (exact) mass is 145 g/mol. The van der Waals surface area contributed by atoms with Crippen LogP contribution >= 0.6 is 0 Å². The smallest absolute Gasteiger partial charge is 0.194 e. The standard InChI is InChI=1S/C6H12.CH3NO2/c1-2-4-6-5-3-1;1-2(3)4/h1-6H2;1H3. The van der Waals surface area contributed by atoms with E-state index in [9.17, 15) is 0 Å². The number of nitro groups is 1. The lowest BCUT2D eigenvalue weighted by molar-refractivity contribution is -0.445. The van der Waals surface area contributed by atoms with Crippen LogP contribution in [-0.4, -0.2) is 12.0 Å². The van der Waals surface area contributed by atoms with Gasteiger partial charge in [-0.1, -0.05) is 38.5 Å². The van der Waals surface area contributed by atoms with Gasteiger partial charge in [-0.05, 0) is 0 Å². The highest BCUT2D eigenvalue weighted by Gasteiger charge is 1.95. The van der Waals surface area contributed by atoms with Crippen LogP contribution in [0.15, 0.2) is 0 Å². The Balaban J connectivity index is 0.000000180. The molecule has 3 heteroatoms. The highest BCUT2D eigenvalue weighted by molar-refractivity contribution is 4.51. The van der Waals surface area contributed by atoms with Gasteiger partial charge < -0.3 is 0 Å². The maximum absolute atomic E-state index is 8.81. The minimum absolute atomic E-state index is 0.500. The summed E-state index contributed by atoms with van der Waals surface area (Å²) >= 11 is 0. The summed E-state index contributed by atoms with van der Waals surface area (Å²) in [6.45, 7) is 0. The molecule has 1 aliphatic rings. The van der Waals surface area contributed by atoms with Gasteiger partial charge in [0.2, 0.25) is 0 Å². The van der Waals surface area contributed by atoms with E-state index in [1.54, 1.807) is 0 Å². The van der Waals surface area contributed by atoms with E-state index in [4.69, 9.17) is 10.1 Å². The van der Waals surface area contributed by atoms with Gasteiger partial charge in [0.25, 0.3) is 0 Å². The Morgan fingerprint density at radius 3 is 1.20 bits per heavy atom. The maximum atomic E-state index is 8.81. The summed E-state index contributed by atoms with van der Waals surface area (Å²) in [4.78, 5) is 8.31. The predicted octanol–water partition coefficient (Wildman–Crippen LogP) is 2.23. The van der Waals surface area contributed by atoms with E-state index in [-0.39, 0.29) is 0 Å². The van der Waals surface area contributed by atoms with E-state index in [1.807, 2.05) is 0 Å². The molecule has 1 aliphatic carbocycles. The van der Waals surface area contributed by atoms with Gasteiger partial charge in [-0.3, -0.25) is 10.1 Å². The maximum Gasteiger partial charge on any atom is 0.194 e. The second kappa shape index (κ2) is 6.52. The van der Waals surface area contributed by atoms with Crippen LogP contribution in [0.2, 0.25) is 0 Å². The summed E-state index contributed by atoms with van der Waals surface area (Å²) in [7, 11) is 0.889. The Bertz CT molecular complexity index is 74.1. The fourth-order valence-electron chi connectivity index (χ4n) is 1.06. The van der Waals surface area contributed by atoms with Crippen LogP contribution in [0.25, 0.3) is 0 Å². The van der Waals surface area contributed by atoms with E-state index in [1.165, 1.54) is 38.5 Å². The van der Waals surface area contributed by atoms with E-state index in [2.05, 4.69) is 0 Å². The molecule has 0 N–H and O–H groups in total. The number of hydrogen-bond donors (Lipinski definition) is 0. The molecule has 0 aromatic heterocycles. The molecule has 0 spiro atoms. The Hall–Kier alpha value is -0.600. The number of nitrogens with zero attached hydrogens (tertiary/aromatic N) is 1. The first-order valence-corrected chi connectivity index (χ1v) is 3.81. The van der Waals surface area contributed by atoms with Gasteiger partial charge >= 0.3 is 0 Å². The summed E-state index contributed by atoms with van der Waals surface area (Å²) in [6.07, 6.45) is 9.00. The van der Waals surface area contributed by atoms with Crippen molar-refractivity contribution in [1.82, 2.24) is 0 Å². The average molecular weight is 145 g/mol. The zero-order valence-corrected chi connectivity index (χ0v) is 6.51. The first kappa shape index (κ1) is 9.40. The predicted molar refractivity (Wildman–Crippen MR) is 40.6 cm³/mol. The molecule has 0 aromatic rings. The molecule has 0 unspecified atom stereocenters. The molecule has 1 fully saturated rings. The Kier molecular flexibility index (Phi) is 6.13. The van der Waals surface area contributed by atoms with Crippen LogP contribution in [0, 0.1) is 10.1 Å². The second-order valence-electron chi connectivity index (χ2n) is 2.56. The molecule has 0 bridgehead atoms. The third-order valence-electron chi connectivity index (χ3n) is 1.50. The van der Waals surface area contributed by atoms with E-state index in [0.29, 0.717) is 0 Å². The molecule has 1 rings (SSSR count). The van der Waals surface area contributed by atoms with Gasteiger partial charge in [-0.2, -0.15) is 0 Å². The molecule has 10 heavy (non-hydrogen) atoms. The van der Waals surface area contributed by atoms with Crippen LogP contribution in [-0.2, 0) is 0 Å². The van der Waals surface area contributed by atoms with Crippen LogP contribution in [0.3, 0.4) is 0 Å². The molecule has 0 aliphatic heterocycles. The van der Waals surface area contributed by atoms with Gasteiger partial charge in [0.05, 0.1) is 0 Å². The zero-order chi connectivity index (χ0) is 7.82. The molecule has 3 nitrogen and oxygen atoms in total. The molecule has 0 amide bonds. The summed E-state index contributed by atoms with van der Waals surface area (Å²) in [5.74, 6) is 0. The molecule has 0 atom stereocenters. The Morgan fingerprint density at radius 1 is 1.00 bits per heavy atom. The quantitative estimate of drug-likeness (QED) is 0.387. The Morgan fingerprint density at radius 2 is 1.10 bits per heavy atom. The van der Waals surface area contributed by atoms with Crippen LogP contribution in [0.4, 0.5) is 0 Å². The van der Waals surface area contributed by atoms with Crippen molar-refractivity contribution >= 4 is 0 Å². The summed E-state index contributed by atoms with van der Waals surface area (Å²) < 4.78 is 0. The highest BCUT2D eigenvalue weighted by atomic mass is 16.6. The topological polar surface area (TPSA) is 43.1 Å². The third-order valence-corrected chi connectivity index (χ3v) is 1.50. The minimum atomic E-state index is -0.500. The molecule has 0 radical (unpaired) electrons. The average Bonchev–Trinajstić information content (AvgIpc) is 1.90. The van der Waals surface area contributed by atoms with E-state index < -0.39 is 4.92 Å². The van der Waals surface area contributed by atoms with Crippen LogP contribution in [0.1, 0.15) is 38.5 Å². The van der Waals surface area contributed by atoms with E-state index >= 15 is 0 Å². The molecule has 1 saturated carbocycles. The fraction of sp³-hybridized carbons (Fsp3) is 1.00. The number of rotatable bonds is 0. The van der Waals surface area contributed by atoms with Gasteiger partial charge in [0.1, 0.15) is 0 Å². The van der Waals surface area contributed by atoms with Crippen molar-refractivity contribution < 1.29 is 4.92 Å². The highest BCUT2D eigenvalue weighted by Crippen LogP contribution is 2.15. The fourth-order valence-corrected chi connectivity index (χ4v) is 1.06. The normalized spacial score (nSPS) is 16.9. The van der Waals surface area contributed by atoms with Gasteiger partial charge in [0.15, 0.2) is 7.05 Å². The summed E-state index contributed by atoms with van der Waals surface area (Å²) in [6, 6.07) is 0. The zero-order valence-electron chi connectivity index (χ0n) is 6.51. The lowest BCUT2D eigenvalue weighted by Gasteiger charge is -2.05. The van der Waals surface area contributed by atoms with Crippen molar-refractivity contribution in [3.8, 4) is 0 Å². The molecule has 0 saturated heterocycles. The molecule has 0 aromatic carbocycles. The van der Waals surface area contributed by atoms with Gasteiger partial charge in [-0.25, -0.2) is 0 Å². The summed E-state index contributed by atoms with van der Waals surface area (Å²) in [5, 5.41) is 8.81. The third kappa shape index (κ3) is 10.4. The summed E-state index contributed by atoms with van der Waals surface area (Å²) in [5.41, 5.74) is 0. The molecule has 60 valence electrons. The SMILES string of the molecule is C1CCCCC1.C[N+](=O)[O-]. The van der Waals surface area contributed by atoms with Crippen molar-refractivity contribution in [1.29, 1.82) is 0 Å². The largest absolute Gasteiger partial charge is 0.265 e.